The molecular formula is C18H30N2. The molecule has 1 aromatic rings. The van der Waals surface area contributed by atoms with Gasteiger partial charge in [0.1, 0.15) is 0 Å². The minimum absolute atomic E-state index is 0.101. The van der Waals surface area contributed by atoms with Gasteiger partial charge in [0.2, 0.25) is 0 Å². The van der Waals surface area contributed by atoms with Crippen molar-refractivity contribution in [2.45, 2.75) is 46.1 Å². The Hall–Kier alpha value is -0.860. The molecule has 0 bridgehead atoms. The molecule has 2 rings (SSSR count). The average Bonchev–Trinajstić information content (AvgIpc) is 2.63. The third-order valence-electron chi connectivity index (χ3n) is 4.74. The van der Waals surface area contributed by atoms with Gasteiger partial charge in [-0.25, -0.2) is 0 Å². The van der Waals surface area contributed by atoms with Gasteiger partial charge in [-0.3, -0.25) is 0 Å². The van der Waals surface area contributed by atoms with Crippen LogP contribution in [0.5, 0.6) is 0 Å². The van der Waals surface area contributed by atoms with E-state index in [0.29, 0.717) is 0 Å². The van der Waals surface area contributed by atoms with E-state index in [1.54, 1.807) is 0 Å². The highest BCUT2D eigenvalue weighted by atomic mass is 15.1. The molecule has 1 fully saturated rings. The quantitative estimate of drug-likeness (QED) is 0.904. The summed E-state index contributed by atoms with van der Waals surface area (Å²) in [5.74, 6) is 0.880. The maximum atomic E-state index is 6.53. The maximum absolute atomic E-state index is 6.53. The van der Waals surface area contributed by atoms with E-state index in [2.05, 4.69) is 56.0 Å². The third-order valence-corrected chi connectivity index (χ3v) is 4.74. The molecule has 2 heteroatoms. The van der Waals surface area contributed by atoms with Gasteiger partial charge < -0.3 is 10.6 Å². The molecule has 2 N–H and O–H groups in total. The summed E-state index contributed by atoms with van der Waals surface area (Å²) in [7, 11) is 0. The Bertz CT molecular complexity index is 399. The van der Waals surface area contributed by atoms with E-state index in [9.17, 15) is 0 Å². The molecule has 1 saturated heterocycles. The average molecular weight is 274 g/mol. The van der Waals surface area contributed by atoms with Crippen molar-refractivity contribution in [3.63, 3.8) is 0 Å². The van der Waals surface area contributed by atoms with E-state index in [1.165, 1.54) is 37.9 Å². The first kappa shape index (κ1) is 15.5. The van der Waals surface area contributed by atoms with Crippen LogP contribution in [-0.4, -0.2) is 24.5 Å². The van der Waals surface area contributed by atoms with E-state index in [-0.39, 0.29) is 11.5 Å². The summed E-state index contributed by atoms with van der Waals surface area (Å²) in [6.07, 6.45) is 4.04. The highest BCUT2D eigenvalue weighted by molar-refractivity contribution is 5.20. The Kier molecular flexibility index (Phi) is 5.22. The number of nitrogens with zero attached hydrogens (tertiary/aromatic N) is 1. The molecule has 20 heavy (non-hydrogen) atoms. The summed E-state index contributed by atoms with van der Waals surface area (Å²) in [5.41, 5.74) is 7.89. The molecule has 1 aliphatic heterocycles. The van der Waals surface area contributed by atoms with Crippen molar-refractivity contribution in [3.8, 4) is 0 Å². The molecule has 0 aliphatic carbocycles. The van der Waals surface area contributed by atoms with Crippen LogP contribution in [0.25, 0.3) is 0 Å². The van der Waals surface area contributed by atoms with Crippen LogP contribution in [-0.2, 0) is 0 Å². The number of likely N-dealkylation sites (tertiary alicyclic amines) is 1. The van der Waals surface area contributed by atoms with Crippen molar-refractivity contribution in [1.82, 2.24) is 4.90 Å². The van der Waals surface area contributed by atoms with E-state index >= 15 is 0 Å². The second kappa shape index (κ2) is 6.73. The Labute approximate surface area is 124 Å². The fourth-order valence-electron chi connectivity index (χ4n) is 3.27. The zero-order valence-electron chi connectivity index (χ0n) is 13.3. The summed E-state index contributed by atoms with van der Waals surface area (Å²) >= 11 is 0. The van der Waals surface area contributed by atoms with Crippen LogP contribution in [0.4, 0.5) is 0 Å². The first-order valence-electron chi connectivity index (χ1n) is 8.02. The van der Waals surface area contributed by atoms with Crippen molar-refractivity contribution >= 4 is 0 Å². The number of nitrogens with two attached hydrogens (primary N) is 1. The minimum atomic E-state index is 0.101. The monoisotopic (exact) mass is 274 g/mol. The Balaban J connectivity index is 1.99. The van der Waals surface area contributed by atoms with Crippen LogP contribution < -0.4 is 5.73 Å². The first-order chi connectivity index (χ1) is 9.49. The SMILES string of the molecule is CC1CCCN(CC(C)(C)C(N)c2ccccc2)CC1. The third kappa shape index (κ3) is 4.07. The van der Waals surface area contributed by atoms with Gasteiger partial charge >= 0.3 is 0 Å². The van der Waals surface area contributed by atoms with Crippen LogP contribution in [0.3, 0.4) is 0 Å². The molecule has 0 amide bonds. The molecule has 0 spiro atoms. The molecule has 2 atom stereocenters. The normalized spacial score (nSPS) is 23.3. The summed E-state index contributed by atoms with van der Waals surface area (Å²) in [6, 6.07) is 10.6. The van der Waals surface area contributed by atoms with Gasteiger partial charge in [-0.05, 0) is 49.2 Å². The number of hydrogen-bond acceptors (Lipinski definition) is 2. The van der Waals surface area contributed by atoms with Crippen LogP contribution in [0.1, 0.15) is 51.6 Å². The van der Waals surface area contributed by atoms with Crippen molar-refractivity contribution in [2.24, 2.45) is 17.1 Å². The lowest BCUT2D eigenvalue weighted by Gasteiger charge is -2.37. The van der Waals surface area contributed by atoms with Gasteiger partial charge in [0.15, 0.2) is 0 Å². The summed E-state index contributed by atoms with van der Waals surface area (Å²) in [4.78, 5) is 2.62. The lowest BCUT2D eigenvalue weighted by Crippen LogP contribution is -2.41. The molecule has 1 aliphatic rings. The molecule has 1 aromatic carbocycles. The largest absolute Gasteiger partial charge is 0.323 e. The minimum Gasteiger partial charge on any atom is -0.323 e. The predicted octanol–water partition coefficient (Wildman–Crippen LogP) is 3.83. The fraction of sp³-hybridized carbons (Fsp3) is 0.667. The maximum Gasteiger partial charge on any atom is 0.0359 e. The van der Waals surface area contributed by atoms with Crippen LogP contribution in [0, 0.1) is 11.3 Å². The number of benzene rings is 1. The molecule has 1 heterocycles. The smallest absolute Gasteiger partial charge is 0.0359 e. The Morgan fingerprint density at radius 3 is 2.60 bits per heavy atom. The zero-order valence-corrected chi connectivity index (χ0v) is 13.3. The van der Waals surface area contributed by atoms with Crippen molar-refractivity contribution < 1.29 is 0 Å². The Morgan fingerprint density at radius 1 is 1.20 bits per heavy atom. The van der Waals surface area contributed by atoms with Crippen LogP contribution in [0.15, 0.2) is 30.3 Å². The number of rotatable bonds is 4. The van der Waals surface area contributed by atoms with Crippen LogP contribution in [0.2, 0.25) is 0 Å². The number of hydrogen-bond donors (Lipinski definition) is 1. The predicted molar refractivity (Wildman–Crippen MR) is 86.6 cm³/mol. The van der Waals surface area contributed by atoms with Gasteiger partial charge in [0, 0.05) is 12.6 Å². The van der Waals surface area contributed by atoms with Gasteiger partial charge in [-0.1, -0.05) is 51.1 Å². The highest BCUT2D eigenvalue weighted by Crippen LogP contribution is 2.33. The molecule has 0 aromatic heterocycles. The van der Waals surface area contributed by atoms with Gasteiger partial charge in [-0.2, -0.15) is 0 Å². The van der Waals surface area contributed by atoms with Crippen molar-refractivity contribution in [3.05, 3.63) is 35.9 Å². The van der Waals surface area contributed by atoms with Gasteiger partial charge in [0.25, 0.3) is 0 Å². The molecule has 0 radical (unpaired) electrons. The molecule has 112 valence electrons. The summed E-state index contributed by atoms with van der Waals surface area (Å²) in [5, 5.41) is 0. The Morgan fingerprint density at radius 2 is 1.90 bits per heavy atom. The van der Waals surface area contributed by atoms with E-state index in [1.807, 2.05) is 0 Å². The van der Waals surface area contributed by atoms with E-state index in [4.69, 9.17) is 5.73 Å². The van der Waals surface area contributed by atoms with E-state index in [0.717, 1.165) is 12.5 Å². The zero-order chi connectivity index (χ0) is 14.6. The molecule has 2 unspecified atom stereocenters. The second-order valence-electron chi connectivity index (χ2n) is 7.19. The van der Waals surface area contributed by atoms with Crippen molar-refractivity contribution in [1.29, 1.82) is 0 Å². The second-order valence-corrected chi connectivity index (χ2v) is 7.19. The first-order valence-corrected chi connectivity index (χ1v) is 8.02. The molecular weight excluding hydrogens is 244 g/mol. The van der Waals surface area contributed by atoms with E-state index < -0.39 is 0 Å². The highest BCUT2D eigenvalue weighted by Gasteiger charge is 2.30. The standard InChI is InChI=1S/C18H30N2/c1-15-8-7-12-20(13-11-15)14-18(2,3)17(19)16-9-5-4-6-10-16/h4-6,9-10,15,17H,7-8,11-14,19H2,1-3H3. The summed E-state index contributed by atoms with van der Waals surface area (Å²) < 4.78 is 0. The lowest BCUT2D eigenvalue weighted by atomic mass is 9.80. The van der Waals surface area contributed by atoms with Crippen LogP contribution >= 0.6 is 0 Å². The fourth-order valence-corrected chi connectivity index (χ4v) is 3.27. The topological polar surface area (TPSA) is 29.3 Å². The van der Waals surface area contributed by atoms with Crippen molar-refractivity contribution in [2.75, 3.05) is 19.6 Å². The summed E-state index contributed by atoms with van der Waals surface area (Å²) in [6.45, 7) is 10.5. The molecule has 0 saturated carbocycles. The van der Waals surface area contributed by atoms with Gasteiger partial charge in [-0.15, -0.1) is 0 Å². The molecule has 2 nitrogen and oxygen atoms in total. The van der Waals surface area contributed by atoms with Gasteiger partial charge in [0.05, 0.1) is 0 Å². The lowest BCUT2D eigenvalue weighted by molar-refractivity contribution is 0.155.